The minimum Gasteiger partial charge on any atom is -0.355 e. The van der Waals surface area contributed by atoms with Gasteiger partial charge in [-0.05, 0) is 51.1 Å². The molecule has 0 unspecified atom stereocenters. The van der Waals surface area contributed by atoms with E-state index in [1.54, 1.807) is 18.9 Å². The number of carbonyl (C=O) groups is 3. The molecule has 1 aromatic carbocycles. The van der Waals surface area contributed by atoms with Crippen LogP contribution in [0.15, 0.2) is 30.3 Å². The van der Waals surface area contributed by atoms with Crippen molar-refractivity contribution >= 4 is 27.7 Å². The Morgan fingerprint density at radius 3 is 2.38 bits per heavy atom. The summed E-state index contributed by atoms with van der Waals surface area (Å²) in [6, 6.07) is 7.67. The van der Waals surface area contributed by atoms with Gasteiger partial charge >= 0.3 is 0 Å². The Morgan fingerprint density at radius 1 is 1.05 bits per heavy atom. The van der Waals surface area contributed by atoms with Crippen LogP contribution in [0.3, 0.4) is 0 Å². The molecule has 5 atom stereocenters. The first-order valence-corrected chi connectivity index (χ1v) is 16.0. The number of nitrogens with zero attached hydrogens (tertiary/aromatic N) is 2. The fraction of sp³-hybridized carbons (Fsp3) is 0.679. The average molecular weight is 562 g/mol. The van der Waals surface area contributed by atoms with Crippen LogP contribution in [0.25, 0.3) is 0 Å². The van der Waals surface area contributed by atoms with Crippen molar-refractivity contribution in [3.05, 3.63) is 35.9 Å². The number of hydrogen-bond acceptors (Lipinski definition) is 6. The van der Waals surface area contributed by atoms with Crippen molar-refractivity contribution in [2.75, 3.05) is 32.9 Å². The minimum absolute atomic E-state index is 0.0175. The van der Waals surface area contributed by atoms with Gasteiger partial charge in [0.05, 0.1) is 24.3 Å². The van der Waals surface area contributed by atoms with Crippen molar-refractivity contribution in [2.24, 2.45) is 11.8 Å². The van der Waals surface area contributed by atoms with Crippen LogP contribution in [0, 0.1) is 11.8 Å². The second kappa shape index (κ2) is 12.8. The Labute approximate surface area is 232 Å². The molecule has 216 valence electrons. The highest BCUT2D eigenvalue weighted by atomic mass is 32.2. The van der Waals surface area contributed by atoms with Crippen molar-refractivity contribution in [1.82, 2.24) is 25.2 Å². The molecule has 2 aliphatic heterocycles. The molecule has 1 saturated carbocycles. The summed E-state index contributed by atoms with van der Waals surface area (Å²) < 4.78 is 26.8. The van der Waals surface area contributed by atoms with E-state index in [9.17, 15) is 22.8 Å². The largest absolute Gasteiger partial charge is 0.355 e. The van der Waals surface area contributed by atoms with Gasteiger partial charge in [-0.1, -0.05) is 49.6 Å². The monoisotopic (exact) mass is 561 g/mol. The first-order valence-electron chi connectivity index (χ1n) is 14.2. The molecule has 3 amide bonds. The topological polar surface area (TPSA) is 128 Å². The summed E-state index contributed by atoms with van der Waals surface area (Å²) in [7, 11) is -1.87. The first kappa shape index (κ1) is 29.5. The van der Waals surface area contributed by atoms with Crippen molar-refractivity contribution in [2.45, 2.75) is 76.0 Å². The quantitative estimate of drug-likeness (QED) is 0.389. The molecule has 3 fully saturated rings. The molecular weight excluding hydrogens is 518 g/mol. The Balaban J connectivity index is 1.54. The lowest BCUT2D eigenvalue weighted by Gasteiger charge is -2.36. The summed E-state index contributed by atoms with van der Waals surface area (Å²) in [4.78, 5) is 42.2. The minimum atomic E-state index is -3.57. The third-order valence-corrected chi connectivity index (χ3v) is 9.96. The van der Waals surface area contributed by atoms with Gasteiger partial charge in [0, 0.05) is 25.7 Å². The first-order chi connectivity index (χ1) is 18.6. The van der Waals surface area contributed by atoms with Crippen LogP contribution in [0.4, 0.5) is 0 Å². The predicted octanol–water partition coefficient (Wildman–Crippen LogP) is 0.879. The zero-order chi connectivity index (χ0) is 28.2. The van der Waals surface area contributed by atoms with E-state index in [-0.39, 0.29) is 30.2 Å². The predicted molar refractivity (Wildman–Crippen MR) is 149 cm³/mol. The summed E-state index contributed by atoms with van der Waals surface area (Å²) >= 11 is 0. The van der Waals surface area contributed by atoms with Gasteiger partial charge in [-0.15, -0.1) is 0 Å². The molecule has 3 N–H and O–H groups in total. The van der Waals surface area contributed by atoms with Crippen molar-refractivity contribution < 1.29 is 22.8 Å². The number of hydrogen-bond donors (Lipinski definition) is 3. The van der Waals surface area contributed by atoms with Gasteiger partial charge in [0.15, 0.2) is 0 Å². The number of fused-ring (bicyclic) bond motifs is 1. The van der Waals surface area contributed by atoms with Crippen LogP contribution in [0.1, 0.15) is 51.0 Å². The summed E-state index contributed by atoms with van der Waals surface area (Å²) in [5, 5.41) is 8.93. The van der Waals surface area contributed by atoms with Gasteiger partial charge in [0.2, 0.25) is 27.7 Å². The Kier molecular flexibility index (Phi) is 9.66. The van der Waals surface area contributed by atoms with Gasteiger partial charge in [-0.25, -0.2) is 8.42 Å². The van der Waals surface area contributed by atoms with Crippen molar-refractivity contribution in [3.8, 4) is 0 Å². The van der Waals surface area contributed by atoms with Crippen LogP contribution >= 0.6 is 0 Å². The lowest BCUT2D eigenvalue weighted by atomic mass is 9.83. The zero-order valence-corrected chi connectivity index (χ0v) is 24.1. The maximum Gasteiger partial charge on any atom is 0.245 e. The summed E-state index contributed by atoms with van der Waals surface area (Å²) in [6.45, 7) is 2.58. The lowest BCUT2D eigenvalue weighted by Crippen LogP contribution is -2.58. The molecule has 4 rings (SSSR count). The maximum absolute atomic E-state index is 14.1. The van der Waals surface area contributed by atoms with Crippen LogP contribution in [0.5, 0.6) is 0 Å². The molecule has 3 aliphatic rings. The summed E-state index contributed by atoms with van der Waals surface area (Å²) in [6.07, 6.45) is 7.12. The van der Waals surface area contributed by atoms with Crippen LogP contribution in [0.2, 0.25) is 0 Å². The number of benzene rings is 1. The third-order valence-electron chi connectivity index (χ3n) is 8.69. The van der Waals surface area contributed by atoms with E-state index in [0.29, 0.717) is 25.9 Å². The second-order valence-corrected chi connectivity index (χ2v) is 13.2. The molecule has 2 saturated heterocycles. The summed E-state index contributed by atoms with van der Waals surface area (Å²) in [5.74, 6) is -1.34. The van der Waals surface area contributed by atoms with Gasteiger partial charge < -0.3 is 20.9 Å². The van der Waals surface area contributed by atoms with E-state index in [2.05, 4.69) is 16.0 Å². The van der Waals surface area contributed by atoms with Gasteiger partial charge in [-0.2, -0.15) is 4.31 Å². The van der Waals surface area contributed by atoms with Crippen molar-refractivity contribution in [3.63, 3.8) is 0 Å². The van der Waals surface area contributed by atoms with Crippen LogP contribution < -0.4 is 16.0 Å². The summed E-state index contributed by atoms with van der Waals surface area (Å²) in [5.41, 5.74) is 1.10. The van der Waals surface area contributed by atoms with Crippen molar-refractivity contribution in [1.29, 1.82) is 0 Å². The highest BCUT2D eigenvalue weighted by Crippen LogP contribution is 2.38. The molecule has 0 aromatic heterocycles. The smallest absolute Gasteiger partial charge is 0.245 e. The second-order valence-electron chi connectivity index (χ2n) is 11.2. The fourth-order valence-electron chi connectivity index (χ4n) is 6.45. The number of rotatable bonds is 10. The standard InChI is InChI=1S/C28H43N5O5S/c1-19(29-2)26(34)31-24(21-12-8-5-9-13-21)28(36)32-17-15-23-25(32)22(18-33(23)39(3,37)38)27(35)30-16-14-20-10-6-4-7-11-20/h4,6-7,10-11,19,21-25,29H,5,8-9,12-18H2,1-3H3,(H,30,35)(H,31,34)/t19-,22+,23-,24+,25-/m1/s1. The average Bonchev–Trinajstić information content (AvgIpc) is 3.52. The molecular formula is C28H43N5O5S. The van der Waals surface area contributed by atoms with E-state index < -0.39 is 40.1 Å². The van der Waals surface area contributed by atoms with Gasteiger partial charge in [0.1, 0.15) is 6.04 Å². The molecule has 0 spiro atoms. The normalized spacial score (nSPS) is 25.6. The molecule has 0 radical (unpaired) electrons. The molecule has 39 heavy (non-hydrogen) atoms. The fourth-order valence-corrected chi connectivity index (χ4v) is 7.61. The van der Waals surface area contributed by atoms with E-state index in [1.165, 1.54) is 4.31 Å². The molecule has 2 heterocycles. The Hall–Kier alpha value is -2.50. The van der Waals surface area contributed by atoms with E-state index in [4.69, 9.17) is 0 Å². The highest BCUT2D eigenvalue weighted by Gasteiger charge is 2.56. The molecule has 1 aromatic rings. The van der Waals surface area contributed by atoms with E-state index in [1.807, 2.05) is 30.3 Å². The van der Waals surface area contributed by atoms with Gasteiger partial charge in [0.25, 0.3) is 0 Å². The maximum atomic E-state index is 14.1. The van der Waals surface area contributed by atoms with Crippen LogP contribution in [-0.2, 0) is 30.8 Å². The Morgan fingerprint density at radius 2 is 1.74 bits per heavy atom. The number of nitrogens with one attached hydrogen (secondary N) is 3. The number of sulfonamides is 1. The molecule has 11 heteroatoms. The zero-order valence-electron chi connectivity index (χ0n) is 23.3. The van der Waals surface area contributed by atoms with Gasteiger partial charge in [-0.3, -0.25) is 14.4 Å². The molecule has 0 bridgehead atoms. The highest BCUT2D eigenvalue weighted by molar-refractivity contribution is 7.88. The molecule has 1 aliphatic carbocycles. The SMILES string of the molecule is CN[C@H](C)C(=O)N[C@H](C(=O)N1CC[C@@H]2[C@H]1[C@@H](C(=O)NCCc1ccccc1)CN2S(C)(=O)=O)C1CCCCC1. The number of amides is 3. The number of carbonyl (C=O) groups excluding carboxylic acids is 3. The van der Waals surface area contributed by atoms with E-state index in [0.717, 1.165) is 43.9 Å². The number of likely N-dealkylation sites (N-methyl/N-ethyl adjacent to an activating group) is 1. The van der Waals surface area contributed by atoms with E-state index >= 15 is 0 Å². The molecule has 10 nitrogen and oxygen atoms in total. The number of likely N-dealkylation sites (tertiary alicyclic amines) is 1. The Bertz CT molecular complexity index is 1120. The third kappa shape index (κ3) is 6.81. The lowest BCUT2D eigenvalue weighted by molar-refractivity contribution is -0.141. The van der Waals surface area contributed by atoms with Crippen LogP contribution in [-0.4, -0.2) is 92.4 Å².